The highest BCUT2D eigenvalue weighted by Crippen LogP contribution is 2.18. The van der Waals surface area contributed by atoms with E-state index in [1.165, 1.54) is 25.7 Å². The normalized spacial score (nSPS) is 28.6. The Kier molecular flexibility index (Phi) is 5.01. The summed E-state index contributed by atoms with van der Waals surface area (Å²) in [6.07, 6.45) is 5.95. The van der Waals surface area contributed by atoms with Crippen LogP contribution in [-0.4, -0.2) is 61.0 Å². The summed E-state index contributed by atoms with van der Waals surface area (Å²) in [6, 6.07) is 0.740. The van der Waals surface area contributed by atoms with Crippen LogP contribution in [0, 0.1) is 0 Å². The molecule has 2 aliphatic rings. The van der Waals surface area contributed by atoms with Crippen molar-refractivity contribution in [2.45, 2.75) is 51.1 Å². The minimum atomic E-state index is 0.143. The van der Waals surface area contributed by atoms with Crippen LogP contribution in [0.4, 0.5) is 0 Å². The van der Waals surface area contributed by atoms with Gasteiger partial charge >= 0.3 is 0 Å². The van der Waals surface area contributed by atoms with Crippen LogP contribution in [0.15, 0.2) is 0 Å². The lowest BCUT2D eigenvalue weighted by atomic mass is 10.1. The van der Waals surface area contributed by atoms with E-state index in [1.54, 1.807) is 0 Å². The monoisotopic (exact) mass is 253 g/mol. The fraction of sp³-hybridized carbons (Fsp3) is 0.929. The molecule has 0 aromatic carbocycles. The number of amides is 1. The van der Waals surface area contributed by atoms with Gasteiger partial charge in [-0.1, -0.05) is 13.3 Å². The van der Waals surface area contributed by atoms with Gasteiger partial charge in [-0.25, -0.2) is 0 Å². The zero-order chi connectivity index (χ0) is 13.0. The molecule has 1 N–H and O–H groups in total. The van der Waals surface area contributed by atoms with Gasteiger partial charge in [0.1, 0.15) is 0 Å². The van der Waals surface area contributed by atoms with Crippen LogP contribution in [0.2, 0.25) is 0 Å². The molecule has 2 rings (SSSR count). The van der Waals surface area contributed by atoms with Gasteiger partial charge in [0.25, 0.3) is 0 Å². The number of carbonyl (C=O) groups excluding carboxylic acids is 1. The van der Waals surface area contributed by atoms with Crippen molar-refractivity contribution in [2.75, 3.05) is 33.2 Å². The highest BCUT2D eigenvalue weighted by molar-refractivity contribution is 5.83. The van der Waals surface area contributed by atoms with Crippen LogP contribution in [0.25, 0.3) is 0 Å². The van der Waals surface area contributed by atoms with Crippen molar-refractivity contribution in [1.29, 1.82) is 0 Å². The zero-order valence-electron chi connectivity index (χ0n) is 11.8. The van der Waals surface area contributed by atoms with E-state index < -0.39 is 0 Å². The Balaban J connectivity index is 1.92. The van der Waals surface area contributed by atoms with Crippen molar-refractivity contribution in [3.05, 3.63) is 0 Å². The number of carbonyl (C=O) groups is 1. The Bertz CT molecular complexity index is 276. The Morgan fingerprint density at radius 2 is 2.28 bits per heavy atom. The first kappa shape index (κ1) is 13.8. The van der Waals surface area contributed by atoms with E-state index in [1.807, 2.05) is 11.9 Å². The van der Waals surface area contributed by atoms with Gasteiger partial charge in [-0.2, -0.15) is 0 Å². The Hall–Kier alpha value is -0.610. The molecule has 0 saturated carbocycles. The van der Waals surface area contributed by atoms with Crippen LogP contribution in [-0.2, 0) is 4.79 Å². The number of likely N-dealkylation sites (tertiary alicyclic amines) is 1. The van der Waals surface area contributed by atoms with Gasteiger partial charge < -0.3 is 10.2 Å². The van der Waals surface area contributed by atoms with Gasteiger partial charge in [0.05, 0.1) is 6.04 Å². The molecular weight excluding hydrogens is 226 g/mol. The maximum atomic E-state index is 12.1. The lowest BCUT2D eigenvalue weighted by Gasteiger charge is -2.30. The average molecular weight is 253 g/mol. The minimum Gasteiger partial charge on any atom is -0.344 e. The first-order chi connectivity index (χ1) is 8.72. The second-order valence-electron chi connectivity index (χ2n) is 5.71. The number of hydrogen-bond donors (Lipinski definition) is 1. The third-order valence-electron chi connectivity index (χ3n) is 4.26. The number of likely N-dealkylation sites (N-methyl/N-ethyl adjacent to an activating group) is 1. The highest BCUT2D eigenvalue weighted by Gasteiger charge is 2.34. The molecule has 0 bridgehead atoms. The summed E-state index contributed by atoms with van der Waals surface area (Å²) < 4.78 is 0. The van der Waals surface area contributed by atoms with Gasteiger partial charge in [0, 0.05) is 26.2 Å². The number of rotatable bonds is 6. The van der Waals surface area contributed by atoms with Crippen LogP contribution >= 0.6 is 0 Å². The molecule has 4 heteroatoms. The van der Waals surface area contributed by atoms with E-state index in [9.17, 15) is 4.79 Å². The standard InChI is InChI=1S/C14H27N3O/c1-3-4-9-17(11-12-6-5-8-15-12)13-7-10-16(2)14(13)18/h12-13,15H,3-11H2,1-2H3. The minimum absolute atomic E-state index is 0.143. The number of nitrogens with one attached hydrogen (secondary N) is 1. The molecule has 2 saturated heterocycles. The molecule has 2 fully saturated rings. The molecule has 0 spiro atoms. The third-order valence-corrected chi connectivity index (χ3v) is 4.26. The molecular formula is C14H27N3O. The molecule has 0 radical (unpaired) electrons. The predicted molar refractivity (Wildman–Crippen MR) is 73.5 cm³/mol. The van der Waals surface area contributed by atoms with E-state index in [0.29, 0.717) is 11.9 Å². The summed E-state index contributed by atoms with van der Waals surface area (Å²) in [6.45, 7) is 6.40. The summed E-state index contributed by atoms with van der Waals surface area (Å²) in [4.78, 5) is 16.5. The van der Waals surface area contributed by atoms with E-state index in [-0.39, 0.29) is 6.04 Å². The van der Waals surface area contributed by atoms with Crippen LogP contribution in [0.5, 0.6) is 0 Å². The largest absolute Gasteiger partial charge is 0.344 e. The van der Waals surface area contributed by atoms with Crippen molar-refractivity contribution < 1.29 is 4.79 Å². The van der Waals surface area contributed by atoms with Crippen molar-refractivity contribution >= 4 is 5.91 Å². The molecule has 4 nitrogen and oxygen atoms in total. The molecule has 0 aliphatic carbocycles. The number of nitrogens with zero attached hydrogens (tertiary/aromatic N) is 2. The quantitative estimate of drug-likeness (QED) is 0.769. The maximum absolute atomic E-state index is 12.1. The molecule has 2 heterocycles. The Labute approximate surface area is 111 Å². The van der Waals surface area contributed by atoms with Crippen LogP contribution in [0.3, 0.4) is 0 Å². The molecule has 0 aromatic rings. The molecule has 0 aromatic heterocycles. The van der Waals surface area contributed by atoms with E-state index in [0.717, 1.165) is 32.6 Å². The van der Waals surface area contributed by atoms with Crippen molar-refractivity contribution in [1.82, 2.24) is 15.1 Å². The summed E-state index contributed by atoms with van der Waals surface area (Å²) >= 11 is 0. The highest BCUT2D eigenvalue weighted by atomic mass is 16.2. The number of hydrogen-bond acceptors (Lipinski definition) is 3. The molecule has 2 unspecified atom stereocenters. The average Bonchev–Trinajstić information content (AvgIpc) is 2.97. The SMILES string of the molecule is CCCCN(CC1CCCN1)C1CCN(C)C1=O. The van der Waals surface area contributed by atoms with E-state index in [2.05, 4.69) is 17.1 Å². The van der Waals surface area contributed by atoms with Crippen LogP contribution in [0.1, 0.15) is 39.0 Å². The summed E-state index contributed by atoms with van der Waals surface area (Å²) in [7, 11) is 1.92. The predicted octanol–water partition coefficient (Wildman–Crippen LogP) is 1.07. The first-order valence-corrected chi connectivity index (χ1v) is 7.44. The van der Waals surface area contributed by atoms with E-state index >= 15 is 0 Å². The topological polar surface area (TPSA) is 35.6 Å². The van der Waals surface area contributed by atoms with Gasteiger partial charge in [0.2, 0.25) is 5.91 Å². The zero-order valence-corrected chi connectivity index (χ0v) is 11.8. The molecule has 2 atom stereocenters. The summed E-state index contributed by atoms with van der Waals surface area (Å²) in [5.74, 6) is 0.323. The lowest BCUT2D eigenvalue weighted by molar-refractivity contribution is -0.131. The van der Waals surface area contributed by atoms with Crippen LogP contribution < -0.4 is 5.32 Å². The first-order valence-electron chi connectivity index (χ1n) is 7.44. The molecule has 1 amide bonds. The smallest absolute Gasteiger partial charge is 0.239 e. The molecule has 2 aliphatic heterocycles. The maximum Gasteiger partial charge on any atom is 0.239 e. The molecule has 18 heavy (non-hydrogen) atoms. The lowest BCUT2D eigenvalue weighted by Crippen LogP contribution is -2.47. The van der Waals surface area contributed by atoms with E-state index in [4.69, 9.17) is 0 Å². The fourth-order valence-corrected chi connectivity index (χ4v) is 3.07. The third kappa shape index (κ3) is 3.23. The fourth-order valence-electron chi connectivity index (χ4n) is 3.07. The second-order valence-corrected chi connectivity index (χ2v) is 5.71. The van der Waals surface area contributed by atoms with Crippen molar-refractivity contribution in [3.8, 4) is 0 Å². The van der Waals surface area contributed by atoms with Crippen molar-refractivity contribution in [3.63, 3.8) is 0 Å². The van der Waals surface area contributed by atoms with Gasteiger partial charge in [-0.3, -0.25) is 9.69 Å². The summed E-state index contributed by atoms with van der Waals surface area (Å²) in [5, 5.41) is 3.55. The number of unbranched alkanes of at least 4 members (excludes halogenated alkanes) is 1. The summed E-state index contributed by atoms with van der Waals surface area (Å²) in [5.41, 5.74) is 0. The van der Waals surface area contributed by atoms with Gasteiger partial charge in [0.15, 0.2) is 0 Å². The Morgan fingerprint density at radius 3 is 2.83 bits per heavy atom. The van der Waals surface area contributed by atoms with Gasteiger partial charge in [-0.05, 0) is 38.8 Å². The Morgan fingerprint density at radius 1 is 1.44 bits per heavy atom. The van der Waals surface area contributed by atoms with Gasteiger partial charge in [-0.15, -0.1) is 0 Å². The molecule has 104 valence electrons. The van der Waals surface area contributed by atoms with Crippen molar-refractivity contribution in [2.24, 2.45) is 0 Å². The second kappa shape index (κ2) is 6.53.